The van der Waals surface area contributed by atoms with Crippen molar-refractivity contribution in [2.24, 2.45) is 0 Å². The zero-order chi connectivity index (χ0) is 24.8. The van der Waals surface area contributed by atoms with Gasteiger partial charge in [0.15, 0.2) is 5.16 Å². The van der Waals surface area contributed by atoms with Crippen LogP contribution in [-0.2, 0) is 17.0 Å². The molecule has 4 rings (SSSR count). The normalized spacial score (nSPS) is 13.8. The number of hydrogen-bond acceptors (Lipinski definition) is 7. The number of carbonyl (C=O) groups is 1. The summed E-state index contributed by atoms with van der Waals surface area (Å²) < 4.78 is 7.02. The zero-order valence-corrected chi connectivity index (χ0v) is 20.5. The molecule has 1 amide bonds. The molecule has 35 heavy (non-hydrogen) atoms. The van der Waals surface area contributed by atoms with E-state index in [1.807, 2.05) is 6.07 Å². The first kappa shape index (κ1) is 24.9. The van der Waals surface area contributed by atoms with Gasteiger partial charge in [-0.3, -0.25) is 24.3 Å². The second-order valence-electron chi connectivity index (χ2n) is 8.41. The molecule has 0 saturated carbocycles. The summed E-state index contributed by atoms with van der Waals surface area (Å²) in [6, 6.07) is 11.5. The summed E-state index contributed by atoms with van der Waals surface area (Å²) in [6.07, 6.45) is 2.87. The molecule has 0 atom stereocenters. The monoisotopic (exact) mass is 496 g/mol. The molecular formula is C25H28N4O5S. The van der Waals surface area contributed by atoms with Crippen molar-refractivity contribution in [2.45, 2.75) is 43.6 Å². The lowest BCUT2D eigenvalue weighted by atomic mass is 10.1. The molecule has 184 valence electrons. The predicted octanol–water partition coefficient (Wildman–Crippen LogP) is 4.26. The fourth-order valence-corrected chi connectivity index (χ4v) is 4.99. The first-order valence-corrected chi connectivity index (χ1v) is 12.7. The number of rotatable bonds is 9. The van der Waals surface area contributed by atoms with Crippen LogP contribution in [0, 0.1) is 10.1 Å². The van der Waals surface area contributed by atoms with Crippen LogP contribution < -0.4 is 5.56 Å². The van der Waals surface area contributed by atoms with Gasteiger partial charge >= 0.3 is 0 Å². The highest BCUT2D eigenvalue weighted by Crippen LogP contribution is 2.25. The second-order valence-corrected chi connectivity index (χ2v) is 9.35. The van der Waals surface area contributed by atoms with Crippen LogP contribution in [0.5, 0.6) is 0 Å². The number of benzene rings is 2. The van der Waals surface area contributed by atoms with Gasteiger partial charge < -0.3 is 9.64 Å². The summed E-state index contributed by atoms with van der Waals surface area (Å²) in [6.45, 7) is 4.74. The second kappa shape index (κ2) is 11.5. The molecule has 3 aromatic rings. The van der Waals surface area contributed by atoms with Crippen molar-refractivity contribution < 1.29 is 14.5 Å². The first-order valence-electron chi connectivity index (χ1n) is 11.8. The Morgan fingerprint density at radius 3 is 2.71 bits per heavy atom. The molecule has 1 saturated heterocycles. The molecule has 0 spiro atoms. The number of non-ortho nitro benzene ring substituents is 1. The standard InChI is InChI=1S/C25H28N4O5S/c1-2-3-4-10-28-24(31)21-9-8-19(23(30)27-11-13-34-14-12-27)16-22(21)26-25(28)35-17-18-6-5-7-20(15-18)29(32)33/h5-9,15-16H,2-4,10-14,17H2,1H3. The summed E-state index contributed by atoms with van der Waals surface area (Å²) in [5.41, 5.74) is 1.63. The van der Waals surface area contributed by atoms with Crippen LogP contribution in [0.4, 0.5) is 5.69 Å². The van der Waals surface area contributed by atoms with Crippen LogP contribution in [0.1, 0.15) is 42.1 Å². The number of aromatic nitrogens is 2. The van der Waals surface area contributed by atoms with E-state index in [1.54, 1.807) is 33.7 Å². The van der Waals surface area contributed by atoms with Crippen LogP contribution in [0.3, 0.4) is 0 Å². The van der Waals surface area contributed by atoms with Crippen LogP contribution in [0.15, 0.2) is 52.4 Å². The number of nitro benzene ring substituents is 1. The zero-order valence-electron chi connectivity index (χ0n) is 19.6. The van der Waals surface area contributed by atoms with Gasteiger partial charge in [-0.2, -0.15) is 0 Å². The Morgan fingerprint density at radius 1 is 1.17 bits per heavy atom. The van der Waals surface area contributed by atoms with Gasteiger partial charge in [0.1, 0.15) is 0 Å². The number of carbonyl (C=O) groups excluding carboxylic acids is 1. The maximum atomic E-state index is 13.4. The Kier molecular flexibility index (Phi) is 8.14. The van der Waals surface area contributed by atoms with E-state index >= 15 is 0 Å². The molecule has 1 aromatic heterocycles. The molecule has 2 heterocycles. The van der Waals surface area contributed by atoms with Crippen LogP contribution in [0.25, 0.3) is 10.9 Å². The lowest BCUT2D eigenvalue weighted by Crippen LogP contribution is -2.40. The van der Waals surface area contributed by atoms with Crippen LogP contribution >= 0.6 is 11.8 Å². The number of morpholine rings is 1. The number of nitrogens with zero attached hydrogens (tertiary/aromatic N) is 4. The lowest BCUT2D eigenvalue weighted by molar-refractivity contribution is -0.384. The van der Waals surface area contributed by atoms with Crippen molar-refractivity contribution in [3.05, 3.63) is 74.1 Å². The third-order valence-electron chi connectivity index (χ3n) is 5.94. The molecular weight excluding hydrogens is 468 g/mol. The van der Waals surface area contributed by atoms with E-state index in [9.17, 15) is 19.7 Å². The van der Waals surface area contributed by atoms with Gasteiger partial charge in [0.25, 0.3) is 17.2 Å². The van der Waals surface area contributed by atoms with Gasteiger partial charge in [-0.1, -0.05) is 43.7 Å². The van der Waals surface area contributed by atoms with E-state index in [4.69, 9.17) is 9.72 Å². The average Bonchev–Trinajstić information content (AvgIpc) is 2.89. The summed E-state index contributed by atoms with van der Waals surface area (Å²) in [5, 5.41) is 12.1. The van der Waals surface area contributed by atoms with Crippen molar-refractivity contribution >= 4 is 34.3 Å². The quantitative estimate of drug-likeness (QED) is 0.143. The average molecular weight is 497 g/mol. The van der Waals surface area contributed by atoms with E-state index in [-0.39, 0.29) is 17.2 Å². The molecule has 0 aliphatic carbocycles. The molecule has 0 unspecified atom stereocenters. The summed E-state index contributed by atoms with van der Waals surface area (Å²) in [5.74, 6) is 0.328. The van der Waals surface area contributed by atoms with Gasteiger partial charge in [-0.25, -0.2) is 4.98 Å². The van der Waals surface area contributed by atoms with E-state index in [2.05, 4.69) is 6.92 Å². The lowest BCUT2D eigenvalue weighted by Gasteiger charge is -2.26. The highest BCUT2D eigenvalue weighted by atomic mass is 32.2. The van der Waals surface area contributed by atoms with Gasteiger partial charge in [-0.05, 0) is 30.2 Å². The van der Waals surface area contributed by atoms with Crippen molar-refractivity contribution in [2.75, 3.05) is 26.3 Å². The maximum Gasteiger partial charge on any atom is 0.269 e. The third kappa shape index (κ3) is 5.88. The number of thioether (sulfide) groups is 1. The molecule has 1 fully saturated rings. The molecule has 0 N–H and O–H groups in total. The Balaban J connectivity index is 1.67. The molecule has 0 bridgehead atoms. The molecule has 9 nitrogen and oxygen atoms in total. The number of ether oxygens (including phenoxy) is 1. The number of fused-ring (bicyclic) bond motifs is 1. The third-order valence-corrected chi connectivity index (χ3v) is 6.99. The minimum atomic E-state index is -0.421. The van der Waals surface area contributed by atoms with Crippen molar-refractivity contribution in [3.63, 3.8) is 0 Å². The van der Waals surface area contributed by atoms with E-state index in [0.717, 1.165) is 24.8 Å². The largest absolute Gasteiger partial charge is 0.378 e. The number of unbranched alkanes of at least 4 members (excludes halogenated alkanes) is 2. The van der Waals surface area contributed by atoms with Crippen molar-refractivity contribution in [1.82, 2.24) is 14.5 Å². The fourth-order valence-electron chi connectivity index (χ4n) is 4.02. The number of amides is 1. The van der Waals surface area contributed by atoms with Crippen LogP contribution in [-0.4, -0.2) is 51.6 Å². The Morgan fingerprint density at radius 2 is 1.97 bits per heavy atom. The Labute approximate surface area is 207 Å². The SMILES string of the molecule is CCCCCn1c(SCc2cccc([N+](=O)[O-])c2)nc2cc(C(=O)N3CCOCC3)ccc2c1=O. The minimum absolute atomic E-state index is 0.0289. The van der Waals surface area contributed by atoms with Gasteiger partial charge in [0.05, 0.1) is 29.0 Å². The fraction of sp³-hybridized carbons (Fsp3) is 0.400. The summed E-state index contributed by atoms with van der Waals surface area (Å²) >= 11 is 1.37. The number of nitro groups is 1. The molecule has 1 aliphatic heterocycles. The Hall–Kier alpha value is -3.24. The molecule has 2 aromatic carbocycles. The van der Waals surface area contributed by atoms with Crippen molar-refractivity contribution in [3.8, 4) is 0 Å². The minimum Gasteiger partial charge on any atom is -0.378 e. The summed E-state index contributed by atoms with van der Waals surface area (Å²) in [4.78, 5) is 43.6. The highest BCUT2D eigenvalue weighted by Gasteiger charge is 2.20. The van der Waals surface area contributed by atoms with Gasteiger partial charge in [0, 0.05) is 43.1 Å². The maximum absolute atomic E-state index is 13.4. The molecule has 1 aliphatic rings. The number of hydrogen-bond donors (Lipinski definition) is 0. The van der Waals surface area contributed by atoms with Crippen LogP contribution in [0.2, 0.25) is 0 Å². The van der Waals surface area contributed by atoms with Gasteiger partial charge in [-0.15, -0.1) is 0 Å². The van der Waals surface area contributed by atoms with E-state index in [0.29, 0.717) is 60.2 Å². The predicted molar refractivity (Wildman–Crippen MR) is 135 cm³/mol. The first-order chi connectivity index (χ1) is 17.0. The van der Waals surface area contributed by atoms with Crippen molar-refractivity contribution in [1.29, 1.82) is 0 Å². The highest BCUT2D eigenvalue weighted by molar-refractivity contribution is 7.98. The van der Waals surface area contributed by atoms with Gasteiger partial charge in [0.2, 0.25) is 0 Å². The Bertz CT molecular complexity index is 1290. The molecule has 10 heteroatoms. The van der Waals surface area contributed by atoms with E-state index < -0.39 is 4.92 Å². The topological polar surface area (TPSA) is 108 Å². The summed E-state index contributed by atoms with van der Waals surface area (Å²) in [7, 11) is 0. The molecule has 0 radical (unpaired) electrons. The smallest absolute Gasteiger partial charge is 0.269 e. The van der Waals surface area contributed by atoms with E-state index in [1.165, 1.54) is 23.9 Å².